The van der Waals surface area contributed by atoms with E-state index >= 15 is 0 Å². The van der Waals surface area contributed by atoms with Crippen molar-refractivity contribution in [3.8, 4) is 0 Å². The average molecular weight is 252 g/mol. The van der Waals surface area contributed by atoms with Crippen molar-refractivity contribution >= 4 is 11.3 Å². The molecule has 0 atom stereocenters. The van der Waals surface area contributed by atoms with Crippen LogP contribution in [0.1, 0.15) is 43.7 Å². The summed E-state index contributed by atoms with van der Waals surface area (Å²) in [6, 6.07) is 1.24. The summed E-state index contributed by atoms with van der Waals surface area (Å²) in [6.07, 6.45) is 1.23. The summed E-state index contributed by atoms with van der Waals surface area (Å²) in [5.74, 6) is 0. The van der Waals surface area contributed by atoms with E-state index in [0.29, 0.717) is 12.1 Å². The fourth-order valence-electron chi connectivity index (χ4n) is 2.32. The summed E-state index contributed by atoms with van der Waals surface area (Å²) in [5.41, 5.74) is 3.15. The van der Waals surface area contributed by atoms with Crippen LogP contribution in [0.25, 0.3) is 0 Å². The number of fused-ring (bicyclic) bond motifs is 1. The minimum atomic E-state index is 0.571. The van der Waals surface area contributed by atoms with Gasteiger partial charge < -0.3 is 5.32 Å². The Morgan fingerprint density at radius 2 is 2.12 bits per heavy atom. The smallest absolute Gasteiger partial charge is 0.0333 e. The first-order valence-corrected chi connectivity index (χ1v) is 7.51. The predicted molar refractivity (Wildman–Crippen MR) is 75.5 cm³/mol. The normalized spacial score (nSPS) is 16.8. The molecule has 1 aliphatic rings. The van der Waals surface area contributed by atoms with E-state index in [4.69, 9.17) is 0 Å². The monoisotopic (exact) mass is 252 g/mol. The third kappa shape index (κ3) is 3.09. The SMILES string of the molecule is CC(C)NCc1csc2c1CCN(C(C)C)C2. The van der Waals surface area contributed by atoms with Gasteiger partial charge in [-0.05, 0) is 36.8 Å². The van der Waals surface area contributed by atoms with Gasteiger partial charge in [0.2, 0.25) is 0 Å². The first kappa shape index (κ1) is 13.1. The van der Waals surface area contributed by atoms with Gasteiger partial charge in [-0.3, -0.25) is 4.90 Å². The zero-order valence-electron chi connectivity index (χ0n) is 11.4. The summed E-state index contributed by atoms with van der Waals surface area (Å²) in [7, 11) is 0. The highest BCUT2D eigenvalue weighted by Crippen LogP contribution is 2.29. The maximum absolute atomic E-state index is 3.53. The van der Waals surface area contributed by atoms with Crippen LogP contribution < -0.4 is 5.32 Å². The molecule has 1 aromatic heterocycles. The summed E-state index contributed by atoms with van der Waals surface area (Å²) in [6.45, 7) is 12.4. The fourth-order valence-corrected chi connectivity index (χ4v) is 3.44. The van der Waals surface area contributed by atoms with Gasteiger partial charge in [0.15, 0.2) is 0 Å². The Hall–Kier alpha value is -0.380. The molecule has 0 spiro atoms. The predicted octanol–water partition coefficient (Wildman–Crippen LogP) is 3.01. The van der Waals surface area contributed by atoms with E-state index in [-0.39, 0.29) is 0 Å². The van der Waals surface area contributed by atoms with E-state index < -0.39 is 0 Å². The van der Waals surface area contributed by atoms with Gasteiger partial charge in [-0.15, -0.1) is 11.3 Å². The van der Waals surface area contributed by atoms with Gasteiger partial charge in [-0.25, -0.2) is 0 Å². The second-order valence-corrected chi connectivity index (χ2v) is 6.48. The first-order valence-electron chi connectivity index (χ1n) is 6.63. The lowest BCUT2D eigenvalue weighted by Crippen LogP contribution is -2.35. The van der Waals surface area contributed by atoms with Crippen molar-refractivity contribution < 1.29 is 0 Å². The molecule has 2 nitrogen and oxygen atoms in total. The summed E-state index contributed by atoms with van der Waals surface area (Å²) < 4.78 is 0. The van der Waals surface area contributed by atoms with Crippen LogP contribution in [0.5, 0.6) is 0 Å². The molecule has 0 fully saturated rings. The quantitative estimate of drug-likeness (QED) is 0.886. The summed E-state index contributed by atoms with van der Waals surface area (Å²) in [4.78, 5) is 4.16. The van der Waals surface area contributed by atoms with Crippen molar-refractivity contribution in [3.05, 3.63) is 21.4 Å². The third-order valence-electron chi connectivity index (χ3n) is 3.49. The lowest BCUT2D eigenvalue weighted by molar-refractivity contribution is 0.206. The maximum Gasteiger partial charge on any atom is 0.0333 e. The zero-order valence-corrected chi connectivity index (χ0v) is 12.2. The molecule has 0 bridgehead atoms. The van der Waals surface area contributed by atoms with Crippen LogP contribution in [0.3, 0.4) is 0 Å². The van der Waals surface area contributed by atoms with Gasteiger partial charge in [0, 0.05) is 36.6 Å². The second kappa shape index (κ2) is 5.51. The number of rotatable bonds is 4. The molecule has 0 amide bonds. The summed E-state index contributed by atoms with van der Waals surface area (Å²) >= 11 is 1.94. The lowest BCUT2D eigenvalue weighted by atomic mass is 10.0. The van der Waals surface area contributed by atoms with Crippen molar-refractivity contribution in [2.45, 2.75) is 59.3 Å². The second-order valence-electron chi connectivity index (χ2n) is 5.51. The van der Waals surface area contributed by atoms with Crippen molar-refractivity contribution in [2.24, 2.45) is 0 Å². The van der Waals surface area contributed by atoms with Crippen molar-refractivity contribution in [3.63, 3.8) is 0 Å². The number of hydrogen-bond acceptors (Lipinski definition) is 3. The van der Waals surface area contributed by atoms with Gasteiger partial charge in [0.1, 0.15) is 0 Å². The number of hydrogen-bond donors (Lipinski definition) is 1. The first-order chi connectivity index (χ1) is 8.08. The molecule has 0 saturated heterocycles. The molecule has 0 saturated carbocycles. The zero-order chi connectivity index (χ0) is 12.4. The molecular weight excluding hydrogens is 228 g/mol. The molecule has 0 aliphatic carbocycles. The van der Waals surface area contributed by atoms with Crippen molar-refractivity contribution in [1.29, 1.82) is 0 Å². The number of nitrogens with one attached hydrogen (secondary N) is 1. The lowest BCUT2D eigenvalue weighted by Gasteiger charge is -2.30. The molecule has 96 valence electrons. The molecule has 1 N–H and O–H groups in total. The van der Waals surface area contributed by atoms with Gasteiger partial charge in [-0.1, -0.05) is 13.8 Å². The molecular formula is C14H24N2S. The van der Waals surface area contributed by atoms with Crippen LogP contribution in [0.4, 0.5) is 0 Å². The Labute approximate surface area is 109 Å². The van der Waals surface area contributed by atoms with Crippen LogP contribution in [0, 0.1) is 0 Å². The molecule has 2 rings (SSSR count). The van der Waals surface area contributed by atoms with Gasteiger partial charge >= 0.3 is 0 Å². The molecule has 17 heavy (non-hydrogen) atoms. The minimum Gasteiger partial charge on any atom is -0.310 e. The van der Waals surface area contributed by atoms with E-state index in [1.165, 1.54) is 18.5 Å². The topological polar surface area (TPSA) is 15.3 Å². The van der Waals surface area contributed by atoms with Crippen LogP contribution in [0.2, 0.25) is 0 Å². The minimum absolute atomic E-state index is 0.571. The van der Waals surface area contributed by atoms with Crippen molar-refractivity contribution in [1.82, 2.24) is 10.2 Å². The van der Waals surface area contributed by atoms with Crippen LogP contribution >= 0.6 is 11.3 Å². The van der Waals surface area contributed by atoms with E-state index in [0.717, 1.165) is 13.1 Å². The summed E-state index contributed by atoms with van der Waals surface area (Å²) in [5, 5.41) is 5.88. The van der Waals surface area contributed by atoms with Crippen LogP contribution in [-0.2, 0) is 19.5 Å². The van der Waals surface area contributed by atoms with Gasteiger partial charge in [-0.2, -0.15) is 0 Å². The highest BCUT2D eigenvalue weighted by molar-refractivity contribution is 7.10. The number of thiophene rings is 1. The van der Waals surface area contributed by atoms with E-state index in [9.17, 15) is 0 Å². The average Bonchev–Trinajstić information content (AvgIpc) is 2.68. The van der Waals surface area contributed by atoms with E-state index in [2.05, 4.69) is 43.3 Å². The van der Waals surface area contributed by atoms with Gasteiger partial charge in [0.25, 0.3) is 0 Å². The molecule has 0 unspecified atom stereocenters. The Morgan fingerprint density at radius 3 is 2.76 bits per heavy atom. The Bertz CT molecular complexity index is 355. The van der Waals surface area contributed by atoms with E-state index in [1.807, 2.05) is 11.3 Å². The third-order valence-corrected chi connectivity index (χ3v) is 4.56. The molecule has 0 aromatic carbocycles. The fraction of sp³-hybridized carbons (Fsp3) is 0.714. The molecule has 1 aromatic rings. The van der Waals surface area contributed by atoms with Crippen LogP contribution in [-0.4, -0.2) is 23.5 Å². The highest BCUT2D eigenvalue weighted by atomic mass is 32.1. The van der Waals surface area contributed by atoms with Crippen LogP contribution in [0.15, 0.2) is 5.38 Å². The largest absolute Gasteiger partial charge is 0.310 e. The molecule has 3 heteroatoms. The van der Waals surface area contributed by atoms with Crippen molar-refractivity contribution in [2.75, 3.05) is 6.54 Å². The highest BCUT2D eigenvalue weighted by Gasteiger charge is 2.21. The Morgan fingerprint density at radius 1 is 1.35 bits per heavy atom. The Kier molecular flexibility index (Phi) is 4.23. The molecule has 0 radical (unpaired) electrons. The molecule has 1 aliphatic heterocycles. The Balaban J connectivity index is 2.05. The van der Waals surface area contributed by atoms with E-state index in [1.54, 1.807) is 10.4 Å². The standard InChI is InChI=1S/C14H24N2S/c1-10(2)15-7-12-9-17-14-8-16(11(3)4)6-5-13(12)14/h9-11,15H,5-8H2,1-4H3. The molecule has 2 heterocycles. The van der Waals surface area contributed by atoms with Gasteiger partial charge in [0.05, 0.1) is 0 Å². The number of nitrogens with zero attached hydrogens (tertiary/aromatic N) is 1. The maximum atomic E-state index is 3.53.